The van der Waals surface area contributed by atoms with Crippen LogP contribution in [0.3, 0.4) is 0 Å². The van der Waals surface area contributed by atoms with Gasteiger partial charge in [0.25, 0.3) is 0 Å². The predicted molar refractivity (Wildman–Crippen MR) is 78.6 cm³/mol. The summed E-state index contributed by atoms with van der Waals surface area (Å²) >= 11 is 5.47. The van der Waals surface area contributed by atoms with Crippen molar-refractivity contribution in [1.82, 2.24) is 15.0 Å². The average Bonchev–Trinajstić information content (AvgIpc) is 2.65. The highest BCUT2D eigenvalue weighted by molar-refractivity contribution is 7.71. The topological polar surface area (TPSA) is 41.6 Å². The van der Waals surface area contributed by atoms with Gasteiger partial charge in [-0.1, -0.05) is 24.7 Å². The number of aromatic amines is 1. The first-order valence-electron chi connectivity index (χ1n) is 6.80. The number of pyridine rings is 1. The number of rotatable bonds is 1. The molecule has 3 nitrogen and oxygen atoms in total. The summed E-state index contributed by atoms with van der Waals surface area (Å²) in [6.07, 6.45) is 7.64. The first-order chi connectivity index (χ1) is 9.25. The van der Waals surface area contributed by atoms with Gasteiger partial charge in [0, 0.05) is 17.5 Å². The highest BCUT2D eigenvalue weighted by Gasteiger charge is 2.14. The predicted octanol–water partition coefficient (Wildman–Crippen LogP) is 3.78. The zero-order chi connectivity index (χ0) is 13.2. The van der Waals surface area contributed by atoms with Gasteiger partial charge in [0.2, 0.25) is 0 Å². The van der Waals surface area contributed by atoms with Crippen molar-refractivity contribution in [3.63, 3.8) is 0 Å². The van der Waals surface area contributed by atoms with E-state index in [0.29, 0.717) is 0 Å². The van der Waals surface area contributed by atoms with Crippen LogP contribution in [-0.4, -0.2) is 15.0 Å². The van der Waals surface area contributed by atoms with Crippen LogP contribution in [0.4, 0.5) is 0 Å². The van der Waals surface area contributed by atoms with Crippen LogP contribution in [0.25, 0.3) is 11.5 Å². The Morgan fingerprint density at radius 1 is 1.21 bits per heavy atom. The van der Waals surface area contributed by atoms with Crippen molar-refractivity contribution in [2.75, 3.05) is 0 Å². The molecular weight excluding hydrogens is 254 g/mol. The molecule has 1 aliphatic rings. The summed E-state index contributed by atoms with van der Waals surface area (Å²) < 4.78 is 0.746. The quantitative estimate of drug-likeness (QED) is 0.634. The SMILES string of the molecule is Cc1cccnc1-c1nc(=S)c2c([nH]1)CCCCC2. The van der Waals surface area contributed by atoms with Crippen molar-refractivity contribution >= 4 is 12.2 Å². The van der Waals surface area contributed by atoms with Crippen molar-refractivity contribution in [2.24, 2.45) is 0 Å². The lowest BCUT2D eigenvalue weighted by molar-refractivity contribution is 0.708. The molecule has 19 heavy (non-hydrogen) atoms. The smallest absolute Gasteiger partial charge is 0.158 e. The molecule has 2 heterocycles. The fraction of sp³-hybridized carbons (Fsp3) is 0.400. The molecule has 0 aliphatic heterocycles. The Morgan fingerprint density at radius 2 is 2.05 bits per heavy atom. The van der Waals surface area contributed by atoms with Crippen molar-refractivity contribution in [3.05, 3.63) is 39.8 Å². The van der Waals surface area contributed by atoms with Gasteiger partial charge in [-0.05, 0) is 44.2 Å². The first-order valence-corrected chi connectivity index (χ1v) is 7.20. The molecule has 0 aromatic carbocycles. The summed E-state index contributed by atoms with van der Waals surface area (Å²) in [5.74, 6) is 0.809. The molecule has 0 amide bonds. The Bertz CT molecular complexity index is 661. The Hall–Kier alpha value is -1.55. The summed E-state index contributed by atoms with van der Waals surface area (Å²) in [4.78, 5) is 12.4. The molecule has 1 N–H and O–H groups in total. The lowest BCUT2D eigenvalue weighted by atomic mass is 10.1. The molecule has 4 heteroatoms. The van der Waals surface area contributed by atoms with Gasteiger partial charge >= 0.3 is 0 Å². The third kappa shape index (κ3) is 2.45. The van der Waals surface area contributed by atoms with Crippen LogP contribution in [0, 0.1) is 11.6 Å². The molecule has 0 saturated carbocycles. The fourth-order valence-electron chi connectivity index (χ4n) is 2.64. The first kappa shape index (κ1) is 12.5. The van der Waals surface area contributed by atoms with Crippen molar-refractivity contribution in [3.8, 4) is 11.5 Å². The number of nitrogens with zero attached hydrogens (tertiary/aromatic N) is 2. The van der Waals surface area contributed by atoms with Crippen LogP contribution >= 0.6 is 12.2 Å². The van der Waals surface area contributed by atoms with Gasteiger partial charge in [0.15, 0.2) is 5.82 Å². The van der Waals surface area contributed by atoms with Crippen LogP contribution in [0.15, 0.2) is 18.3 Å². The second kappa shape index (κ2) is 5.21. The van der Waals surface area contributed by atoms with E-state index in [1.165, 1.54) is 30.5 Å². The number of hydrogen-bond donors (Lipinski definition) is 1. The number of nitrogens with one attached hydrogen (secondary N) is 1. The normalized spacial score (nSPS) is 14.8. The molecule has 1 aliphatic carbocycles. The number of aromatic nitrogens is 3. The van der Waals surface area contributed by atoms with E-state index in [-0.39, 0.29) is 0 Å². The largest absolute Gasteiger partial charge is 0.342 e. The number of hydrogen-bond acceptors (Lipinski definition) is 3. The van der Waals surface area contributed by atoms with Crippen LogP contribution in [0.5, 0.6) is 0 Å². The van der Waals surface area contributed by atoms with E-state index in [0.717, 1.165) is 34.6 Å². The Morgan fingerprint density at radius 3 is 2.89 bits per heavy atom. The molecular formula is C15H17N3S. The maximum Gasteiger partial charge on any atom is 0.158 e. The maximum atomic E-state index is 5.47. The summed E-state index contributed by atoms with van der Waals surface area (Å²) in [5, 5.41) is 0. The highest BCUT2D eigenvalue weighted by atomic mass is 32.1. The van der Waals surface area contributed by atoms with Gasteiger partial charge in [-0.2, -0.15) is 0 Å². The molecule has 0 unspecified atom stereocenters. The van der Waals surface area contributed by atoms with Gasteiger partial charge in [-0.25, -0.2) is 4.98 Å². The van der Waals surface area contributed by atoms with E-state index >= 15 is 0 Å². The minimum absolute atomic E-state index is 0.746. The average molecular weight is 271 g/mol. The van der Waals surface area contributed by atoms with Crippen LogP contribution < -0.4 is 0 Å². The van der Waals surface area contributed by atoms with Crippen LogP contribution in [-0.2, 0) is 12.8 Å². The van der Waals surface area contributed by atoms with E-state index in [1.807, 2.05) is 19.1 Å². The molecule has 0 radical (unpaired) electrons. The standard InChI is InChI=1S/C15H17N3S/c1-10-6-5-9-16-13(10)14-17-12-8-4-2-3-7-11(12)15(19)18-14/h5-6,9H,2-4,7-8H2,1H3,(H,17,18,19). The zero-order valence-electron chi connectivity index (χ0n) is 11.1. The van der Waals surface area contributed by atoms with Crippen molar-refractivity contribution < 1.29 is 0 Å². The summed E-state index contributed by atoms with van der Waals surface area (Å²) in [6, 6.07) is 3.99. The van der Waals surface area contributed by atoms with Crippen molar-refractivity contribution in [2.45, 2.75) is 39.0 Å². The van der Waals surface area contributed by atoms with E-state index in [1.54, 1.807) is 6.20 Å². The summed E-state index contributed by atoms with van der Waals surface area (Å²) in [6.45, 7) is 2.05. The number of fused-ring (bicyclic) bond motifs is 1. The molecule has 0 saturated heterocycles. The minimum atomic E-state index is 0.746. The molecule has 3 rings (SSSR count). The Labute approximate surface area is 118 Å². The van der Waals surface area contributed by atoms with E-state index in [4.69, 9.17) is 12.2 Å². The molecule has 0 spiro atoms. The second-order valence-corrected chi connectivity index (χ2v) is 5.46. The third-order valence-electron chi connectivity index (χ3n) is 3.69. The van der Waals surface area contributed by atoms with Crippen LogP contribution in [0.1, 0.15) is 36.1 Å². The Kier molecular flexibility index (Phi) is 3.42. The highest BCUT2D eigenvalue weighted by Crippen LogP contribution is 2.23. The number of aryl methyl sites for hydroxylation is 2. The second-order valence-electron chi connectivity index (χ2n) is 5.08. The summed E-state index contributed by atoms with van der Waals surface area (Å²) in [5.41, 5.74) is 4.53. The van der Waals surface area contributed by atoms with Gasteiger partial charge in [0.1, 0.15) is 10.3 Å². The lowest BCUT2D eigenvalue weighted by Crippen LogP contribution is -2.03. The monoisotopic (exact) mass is 271 g/mol. The zero-order valence-corrected chi connectivity index (χ0v) is 11.9. The molecule has 2 aromatic rings. The minimum Gasteiger partial charge on any atom is -0.342 e. The fourth-order valence-corrected chi connectivity index (χ4v) is 2.96. The van der Waals surface area contributed by atoms with Gasteiger partial charge in [-0.3, -0.25) is 4.98 Å². The van der Waals surface area contributed by atoms with Crippen LogP contribution in [0.2, 0.25) is 0 Å². The molecule has 2 aromatic heterocycles. The molecule has 0 bridgehead atoms. The van der Waals surface area contributed by atoms with Crippen molar-refractivity contribution in [1.29, 1.82) is 0 Å². The molecule has 0 atom stereocenters. The van der Waals surface area contributed by atoms with E-state index < -0.39 is 0 Å². The third-order valence-corrected chi connectivity index (χ3v) is 4.03. The lowest BCUT2D eigenvalue weighted by Gasteiger charge is -2.10. The van der Waals surface area contributed by atoms with E-state index in [2.05, 4.69) is 15.0 Å². The van der Waals surface area contributed by atoms with Gasteiger partial charge < -0.3 is 4.98 Å². The molecule has 0 fully saturated rings. The number of H-pyrrole nitrogens is 1. The van der Waals surface area contributed by atoms with E-state index in [9.17, 15) is 0 Å². The van der Waals surface area contributed by atoms with Gasteiger partial charge in [0.05, 0.1) is 0 Å². The maximum absolute atomic E-state index is 5.47. The molecule has 98 valence electrons. The Balaban J connectivity index is 2.15. The van der Waals surface area contributed by atoms with Gasteiger partial charge in [-0.15, -0.1) is 0 Å². The summed E-state index contributed by atoms with van der Waals surface area (Å²) in [7, 11) is 0.